The number of rotatable bonds is 11. The average Bonchev–Trinajstić information content (AvgIpc) is 2.66. The number of hydrogen-bond acceptors (Lipinski definition) is 4. The predicted molar refractivity (Wildman–Crippen MR) is 103 cm³/mol. The number of nitrogens with zero attached hydrogens (tertiary/aromatic N) is 1. The zero-order chi connectivity index (χ0) is 20.4. The molecule has 2 aromatic carbocycles. The number of hydrogen-bond donors (Lipinski definition) is 1. The smallest absolute Gasteiger partial charge is 0.387 e. The highest BCUT2D eigenvalue weighted by atomic mass is 19.3. The highest BCUT2D eigenvalue weighted by Gasteiger charge is 2.08. The Balaban J connectivity index is 1.73. The number of ether oxygens (including phenoxy) is 2. The summed E-state index contributed by atoms with van der Waals surface area (Å²) >= 11 is 0. The van der Waals surface area contributed by atoms with Gasteiger partial charge in [-0.1, -0.05) is 36.9 Å². The van der Waals surface area contributed by atoms with Crippen molar-refractivity contribution in [1.82, 2.24) is 10.2 Å². The van der Waals surface area contributed by atoms with Gasteiger partial charge in [0.25, 0.3) is 0 Å². The van der Waals surface area contributed by atoms with Crippen molar-refractivity contribution in [3.63, 3.8) is 0 Å². The van der Waals surface area contributed by atoms with E-state index in [0.717, 1.165) is 16.9 Å². The predicted octanol–water partition coefficient (Wildman–Crippen LogP) is 3.60. The van der Waals surface area contributed by atoms with E-state index in [4.69, 9.17) is 4.74 Å². The van der Waals surface area contributed by atoms with Gasteiger partial charge < -0.3 is 14.8 Å². The molecule has 2 aromatic rings. The zero-order valence-corrected chi connectivity index (χ0v) is 15.7. The van der Waals surface area contributed by atoms with Crippen LogP contribution in [0.15, 0.2) is 61.2 Å². The first kappa shape index (κ1) is 21.4. The Morgan fingerprint density at radius 2 is 1.71 bits per heavy atom. The Morgan fingerprint density at radius 1 is 1.11 bits per heavy atom. The molecule has 150 valence electrons. The van der Waals surface area contributed by atoms with Crippen LogP contribution >= 0.6 is 0 Å². The third-order valence-electron chi connectivity index (χ3n) is 3.80. The lowest BCUT2D eigenvalue weighted by Crippen LogP contribution is -2.34. The second-order valence-corrected chi connectivity index (χ2v) is 6.22. The molecule has 0 saturated carbocycles. The first-order chi connectivity index (χ1) is 13.5. The Morgan fingerprint density at radius 3 is 2.32 bits per heavy atom. The summed E-state index contributed by atoms with van der Waals surface area (Å²) < 4.78 is 34.0. The fourth-order valence-corrected chi connectivity index (χ4v) is 2.50. The van der Waals surface area contributed by atoms with E-state index in [0.29, 0.717) is 19.7 Å². The largest absolute Gasteiger partial charge is 0.490 e. The van der Waals surface area contributed by atoms with Gasteiger partial charge in [0, 0.05) is 13.1 Å². The van der Waals surface area contributed by atoms with E-state index in [2.05, 4.69) is 16.6 Å². The van der Waals surface area contributed by atoms with Crippen LogP contribution in [0.4, 0.5) is 8.78 Å². The standard InChI is InChI=1S/C21H24F2N2O3/c1-3-12-27-18-8-6-17(7-9-18)14-25(2)15-20(26)24-13-16-4-10-19(11-5-16)28-21(22)23/h3-11,21H,1,12-15H2,2H3,(H,24,26). The maximum atomic E-state index is 12.1. The molecule has 0 aliphatic rings. The second-order valence-electron chi connectivity index (χ2n) is 6.22. The highest BCUT2D eigenvalue weighted by molar-refractivity contribution is 5.77. The lowest BCUT2D eigenvalue weighted by molar-refractivity contribution is -0.122. The monoisotopic (exact) mass is 390 g/mol. The summed E-state index contributed by atoms with van der Waals surface area (Å²) in [4.78, 5) is 14.0. The van der Waals surface area contributed by atoms with E-state index in [1.165, 1.54) is 12.1 Å². The van der Waals surface area contributed by atoms with Crippen molar-refractivity contribution in [2.75, 3.05) is 20.2 Å². The highest BCUT2D eigenvalue weighted by Crippen LogP contribution is 2.15. The number of benzene rings is 2. The van der Waals surface area contributed by atoms with Crippen molar-refractivity contribution in [2.45, 2.75) is 19.7 Å². The Labute approximate surface area is 163 Å². The molecule has 0 unspecified atom stereocenters. The summed E-state index contributed by atoms with van der Waals surface area (Å²) in [6.07, 6.45) is 1.69. The van der Waals surface area contributed by atoms with Crippen LogP contribution in [0.2, 0.25) is 0 Å². The van der Waals surface area contributed by atoms with Gasteiger partial charge in [-0.2, -0.15) is 8.78 Å². The molecule has 7 heteroatoms. The Bertz CT molecular complexity index is 749. The van der Waals surface area contributed by atoms with E-state index in [1.807, 2.05) is 36.2 Å². The summed E-state index contributed by atoms with van der Waals surface area (Å²) in [5.41, 5.74) is 1.86. The molecule has 1 amide bonds. The van der Waals surface area contributed by atoms with Crippen molar-refractivity contribution in [3.05, 3.63) is 72.3 Å². The molecule has 0 fully saturated rings. The molecule has 5 nitrogen and oxygen atoms in total. The van der Waals surface area contributed by atoms with E-state index in [9.17, 15) is 13.6 Å². The molecular weight excluding hydrogens is 366 g/mol. The minimum absolute atomic E-state index is 0.0886. The number of likely N-dealkylation sites (N-methyl/N-ethyl adjacent to an activating group) is 1. The molecule has 0 saturated heterocycles. The van der Waals surface area contributed by atoms with Crippen LogP contribution in [0.1, 0.15) is 11.1 Å². The van der Waals surface area contributed by atoms with Gasteiger partial charge in [0.15, 0.2) is 0 Å². The number of nitrogens with one attached hydrogen (secondary N) is 1. The Hall–Kier alpha value is -2.93. The molecule has 0 spiro atoms. The molecule has 0 bridgehead atoms. The molecule has 28 heavy (non-hydrogen) atoms. The number of carbonyl (C=O) groups is 1. The normalized spacial score (nSPS) is 10.8. The van der Waals surface area contributed by atoms with Crippen LogP contribution in [0, 0.1) is 0 Å². The van der Waals surface area contributed by atoms with Crippen LogP contribution in [-0.4, -0.2) is 37.6 Å². The van der Waals surface area contributed by atoms with Crippen molar-refractivity contribution in [2.24, 2.45) is 0 Å². The molecule has 0 aliphatic heterocycles. The van der Waals surface area contributed by atoms with Gasteiger partial charge in [0.1, 0.15) is 18.1 Å². The maximum Gasteiger partial charge on any atom is 0.387 e. The molecule has 2 rings (SSSR count). The van der Waals surface area contributed by atoms with Crippen molar-refractivity contribution < 1.29 is 23.0 Å². The third kappa shape index (κ3) is 7.75. The average molecular weight is 390 g/mol. The van der Waals surface area contributed by atoms with Crippen LogP contribution in [0.5, 0.6) is 11.5 Å². The number of carbonyl (C=O) groups excluding carboxylic acids is 1. The lowest BCUT2D eigenvalue weighted by Gasteiger charge is -2.17. The van der Waals surface area contributed by atoms with E-state index in [1.54, 1.807) is 18.2 Å². The lowest BCUT2D eigenvalue weighted by atomic mass is 10.2. The molecular formula is C21H24F2N2O3. The Kier molecular flexibility index (Phi) is 8.42. The first-order valence-electron chi connectivity index (χ1n) is 8.78. The molecule has 0 radical (unpaired) electrons. The van der Waals surface area contributed by atoms with Crippen molar-refractivity contribution >= 4 is 5.91 Å². The summed E-state index contributed by atoms with van der Waals surface area (Å²) in [5, 5.41) is 2.81. The fraction of sp³-hybridized carbons (Fsp3) is 0.286. The van der Waals surface area contributed by atoms with Crippen LogP contribution in [0.25, 0.3) is 0 Å². The molecule has 0 heterocycles. The van der Waals surface area contributed by atoms with Gasteiger partial charge in [-0.25, -0.2) is 0 Å². The van der Waals surface area contributed by atoms with Gasteiger partial charge in [-0.05, 0) is 42.4 Å². The maximum absolute atomic E-state index is 12.1. The number of halogens is 2. The van der Waals surface area contributed by atoms with Gasteiger partial charge in [-0.3, -0.25) is 9.69 Å². The van der Waals surface area contributed by atoms with Crippen LogP contribution in [-0.2, 0) is 17.9 Å². The topological polar surface area (TPSA) is 50.8 Å². The second kappa shape index (κ2) is 11.0. The molecule has 0 aromatic heterocycles. The molecule has 1 N–H and O–H groups in total. The van der Waals surface area contributed by atoms with Gasteiger partial charge in [0.2, 0.25) is 5.91 Å². The fourth-order valence-electron chi connectivity index (χ4n) is 2.50. The van der Waals surface area contributed by atoms with Gasteiger partial charge in [-0.15, -0.1) is 0 Å². The van der Waals surface area contributed by atoms with E-state index >= 15 is 0 Å². The summed E-state index contributed by atoms with van der Waals surface area (Å²) in [6.45, 7) is 2.39. The van der Waals surface area contributed by atoms with Crippen molar-refractivity contribution in [3.8, 4) is 11.5 Å². The van der Waals surface area contributed by atoms with E-state index in [-0.39, 0.29) is 18.2 Å². The summed E-state index contributed by atoms with van der Waals surface area (Å²) in [6, 6.07) is 13.8. The quantitative estimate of drug-likeness (QED) is 0.596. The van der Waals surface area contributed by atoms with Crippen LogP contribution in [0.3, 0.4) is 0 Å². The van der Waals surface area contributed by atoms with Gasteiger partial charge >= 0.3 is 6.61 Å². The molecule has 0 aliphatic carbocycles. The molecule has 0 atom stereocenters. The van der Waals surface area contributed by atoms with E-state index < -0.39 is 6.61 Å². The SMILES string of the molecule is C=CCOc1ccc(CN(C)CC(=O)NCc2ccc(OC(F)F)cc2)cc1. The van der Waals surface area contributed by atoms with Crippen LogP contribution < -0.4 is 14.8 Å². The van der Waals surface area contributed by atoms with Gasteiger partial charge in [0.05, 0.1) is 6.54 Å². The zero-order valence-electron chi connectivity index (χ0n) is 15.7. The third-order valence-corrected chi connectivity index (χ3v) is 3.80. The summed E-state index contributed by atoms with van der Waals surface area (Å²) in [5.74, 6) is 0.737. The minimum Gasteiger partial charge on any atom is -0.490 e. The number of alkyl halides is 2. The van der Waals surface area contributed by atoms with Crippen molar-refractivity contribution in [1.29, 1.82) is 0 Å². The first-order valence-corrected chi connectivity index (χ1v) is 8.78. The minimum atomic E-state index is -2.85. The summed E-state index contributed by atoms with van der Waals surface area (Å²) in [7, 11) is 1.86. The number of amides is 1.